The minimum absolute atomic E-state index is 0.0776. The Hall–Kier alpha value is -1.37. The van der Waals surface area contributed by atoms with Crippen molar-refractivity contribution in [2.45, 2.75) is 31.7 Å². The minimum atomic E-state index is -0.912. The third kappa shape index (κ3) is 6.70. The van der Waals surface area contributed by atoms with Gasteiger partial charge in [-0.2, -0.15) is 0 Å². The Morgan fingerprint density at radius 1 is 1.35 bits per heavy atom. The van der Waals surface area contributed by atoms with Gasteiger partial charge < -0.3 is 10.4 Å². The molecule has 1 aromatic carbocycles. The molecule has 1 amide bonds. The van der Waals surface area contributed by atoms with Gasteiger partial charge in [0.15, 0.2) is 0 Å². The predicted molar refractivity (Wildman–Crippen MR) is 86.5 cm³/mol. The zero-order valence-corrected chi connectivity index (χ0v) is 13.3. The third-order valence-electron chi connectivity index (χ3n) is 2.76. The monoisotopic (exact) mass is 387 g/mol. The second kappa shape index (κ2) is 8.73. The lowest BCUT2D eigenvalue weighted by Crippen LogP contribution is -2.37. The molecule has 0 aliphatic rings. The van der Waals surface area contributed by atoms with Crippen LogP contribution in [0.5, 0.6) is 0 Å². The van der Waals surface area contributed by atoms with Crippen molar-refractivity contribution in [1.82, 2.24) is 5.32 Å². The van der Waals surface area contributed by atoms with Crippen LogP contribution in [0.15, 0.2) is 36.9 Å². The SMILES string of the molecule is C=CCCC(=O)N[C@@H](CC(=O)O)Cc1ccc(I)cc1. The number of carboxylic acids is 1. The number of carbonyl (C=O) groups excluding carboxylic acids is 1. The first-order valence-corrected chi connectivity index (χ1v) is 7.45. The highest BCUT2D eigenvalue weighted by atomic mass is 127. The molecule has 0 aromatic heterocycles. The molecule has 20 heavy (non-hydrogen) atoms. The van der Waals surface area contributed by atoms with Crippen molar-refractivity contribution in [2.75, 3.05) is 0 Å². The normalized spacial score (nSPS) is 11.7. The predicted octanol–water partition coefficient (Wildman–Crippen LogP) is 2.76. The van der Waals surface area contributed by atoms with Crippen molar-refractivity contribution >= 4 is 34.5 Å². The van der Waals surface area contributed by atoms with Gasteiger partial charge in [-0.1, -0.05) is 18.2 Å². The second-order valence-corrected chi connectivity index (χ2v) is 5.77. The summed E-state index contributed by atoms with van der Waals surface area (Å²) in [5.74, 6) is -1.05. The van der Waals surface area contributed by atoms with Gasteiger partial charge in [0.2, 0.25) is 5.91 Å². The Kier molecular flexibility index (Phi) is 7.28. The highest BCUT2D eigenvalue weighted by Gasteiger charge is 2.16. The average Bonchev–Trinajstić information content (AvgIpc) is 2.38. The fraction of sp³-hybridized carbons (Fsp3) is 0.333. The minimum Gasteiger partial charge on any atom is -0.481 e. The van der Waals surface area contributed by atoms with E-state index in [-0.39, 0.29) is 18.4 Å². The molecular formula is C15H18INO3. The Balaban J connectivity index is 2.63. The van der Waals surface area contributed by atoms with Crippen LogP contribution in [0.1, 0.15) is 24.8 Å². The number of carbonyl (C=O) groups is 2. The third-order valence-corrected chi connectivity index (χ3v) is 3.48. The van der Waals surface area contributed by atoms with Crippen molar-refractivity contribution in [3.63, 3.8) is 0 Å². The molecular weight excluding hydrogens is 369 g/mol. The zero-order valence-electron chi connectivity index (χ0n) is 11.1. The van der Waals surface area contributed by atoms with Crippen molar-refractivity contribution in [3.05, 3.63) is 46.1 Å². The molecule has 1 atom stereocenters. The highest BCUT2D eigenvalue weighted by Crippen LogP contribution is 2.10. The quantitative estimate of drug-likeness (QED) is 0.533. The Labute approximate surface area is 132 Å². The standard InChI is InChI=1S/C15H18INO3/c1-2-3-4-14(18)17-13(10-15(19)20)9-11-5-7-12(16)8-6-11/h2,5-8,13H,1,3-4,9-10H2,(H,17,18)(H,19,20)/t13-/m1/s1. The van der Waals surface area contributed by atoms with Gasteiger partial charge in [-0.3, -0.25) is 9.59 Å². The molecule has 4 nitrogen and oxygen atoms in total. The number of hydrogen-bond donors (Lipinski definition) is 2. The average molecular weight is 387 g/mol. The number of rotatable bonds is 8. The van der Waals surface area contributed by atoms with E-state index in [0.717, 1.165) is 9.13 Å². The van der Waals surface area contributed by atoms with E-state index in [9.17, 15) is 9.59 Å². The number of amides is 1. The molecule has 0 aliphatic heterocycles. The van der Waals surface area contributed by atoms with E-state index < -0.39 is 5.97 Å². The highest BCUT2D eigenvalue weighted by molar-refractivity contribution is 14.1. The number of nitrogens with one attached hydrogen (secondary N) is 1. The van der Waals surface area contributed by atoms with Gasteiger partial charge in [0.1, 0.15) is 0 Å². The first-order valence-electron chi connectivity index (χ1n) is 6.37. The maximum Gasteiger partial charge on any atom is 0.305 e. The fourth-order valence-corrected chi connectivity index (χ4v) is 2.18. The van der Waals surface area contributed by atoms with Gasteiger partial charge in [0, 0.05) is 16.0 Å². The molecule has 0 unspecified atom stereocenters. The number of carboxylic acid groups (broad SMARTS) is 1. The van der Waals surface area contributed by atoms with Crippen molar-refractivity contribution in [2.24, 2.45) is 0 Å². The second-order valence-electron chi connectivity index (χ2n) is 4.52. The van der Waals surface area contributed by atoms with Crippen LogP contribution in [-0.4, -0.2) is 23.0 Å². The molecule has 5 heteroatoms. The van der Waals surface area contributed by atoms with Gasteiger partial charge in [-0.15, -0.1) is 6.58 Å². The summed E-state index contributed by atoms with van der Waals surface area (Å²) < 4.78 is 1.12. The summed E-state index contributed by atoms with van der Waals surface area (Å²) in [5.41, 5.74) is 1.01. The summed E-state index contributed by atoms with van der Waals surface area (Å²) in [5, 5.41) is 11.7. The van der Waals surface area contributed by atoms with E-state index in [2.05, 4.69) is 34.5 Å². The van der Waals surface area contributed by atoms with E-state index in [1.165, 1.54) is 0 Å². The van der Waals surface area contributed by atoms with E-state index in [0.29, 0.717) is 19.3 Å². The van der Waals surface area contributed by atoms with E-state index in [4.69, 9.17) is 5.11 Å². The van der Waals surface area contributed by atoms with Crippen LogP contribution in [0, 0.1) is 3.57 Å². The first-order chi connectivity index (χ1) is 9.51. The molecule has 0 fully saturated rings. The van der Waals surface area contributed by atoms with Crippen LogP contribution in [0.3, 0.4) is 0 Å². The van der Waals surface area contributed by atoms with Gasteiger partial charge in [-0.05, 0) is 53.1 Å². The molecule has 0 aliphatic carbocycles. The molecule has 0 saturated heterocycles. The van der Waals surface area contributed by atoms with E-state index in [1.807, 2.05) is 24.3 Å². The van der Waals surface area contributed by atoms with Crippen molar-refractivity contribution in [3.8, 4) is 0 Å². The van der Waals surface area contributed by atoms with Crippen LogP contribution in [-0.2, 0) is 16.0 Å². The number of allylic oxidation sites excluding steroid dienone is 1. The zero-order chi connectivity index (χ0) is 15.0. The largest absolute Gasteiger partial charge is 0.481 e. The van der Waals surface area contributed by atoms with Crippen LogP contribution in [0.2, 0.25) is 0 Å². The Morgan fingerprint density at radius 3 is 2.55 bits per heavy atom. The lowest BCUT2D eigenvalue weighted by Gasteiger charge is -2.17. The molecule has 108 valence electrons. The number of hydrogen-bond acceptors (Lipinski definition) is 2. The van der Waals surface area contributed by atoms with Crippen LogP contribution < -0.4 is 5.32 Å². The summed E-state index contributed by atoms with van der Waals surface area (Å²) >= 11 is 2.21. The smallest absolute Gasteiger partial charge is 0.305 e. The lowest BCUT2D eigenvalue weighted by molar-refractivity contribution is -0.137. The molecule has 0 heterocycles. The van der Waals surface area contributed by atoms with Crippen LogP contribution in [0.4, 0.5) is 0 Å². The number of benzene rings is 1. The van der Waals surface area contributed by atoms with Crippen LogP contribution in [0.25, 0.3) is 0 Å². The molecule has 0 radical (unpaired) electrons. The number of aliphatic carboxylic acids is 1. The van der Waals surface area contributed by atoms with Crippen molar-refractivity contribution < 1.29 is 14.7 Å². The topological polar surface area (TPSA) is 66.4 Å². The van der Waals surface area contributed by atoms with Crippen LogP contribution >= 0.6 is 22.6 Å². The molecule has 1 aromatic rings. The van der Waals surface area contributed by atoms with Gasteiger partial charge in [0.25, 0.3) is 0 Å². The van der Waals surface area contributed by atoms with E-state index in [1.54, 1.807) is 6.08 Å². The maximum atomic E-state index is 11.7. The van der Waals surface area contributed by atoms with Gasteiger partial charge >= 0.3 is 5.97 Å². The first kappa shape index (κ1) is 16.7. The van der Waals surface area contributed by atoms with Gasteiger partial charge in [0.05, 0.1) is 6.42 Å². The summed E-state index contributed by atoms with van der Waals surface area (Å²) in [6, 6.07) is 7.45. The molecule has 0 spiro atoms. The summed E-state index contributed by atoms with van der Waals surface area (Å²) in [6.45, 7) is 3.56. The fourth-order valence-electron chi connectivity index (χ4n) is 1.82. The molecule has 0 bridgehead atoms. The Bertz CT molecular complexity index is 471. The Morgan fingerprint density at radius 2 is 2.00 bits per heavy atom. The summed E-state index contributed by atoms with van der Waals surface area (Å²) in [4.78, 5) is 22.6. The molecule has 1 rings (SSSR count). The van der Waals surface area contributed by atoms with Gasteiger partial charge in [-0.25, -0.2) is 0 Å². The maximum absolute atomic E-state index is 11.7. The summed E-state index contributed by atoms with van der Waals surface area (Å²) in [7, 11) is 0. The van der Waals surface area contributed by atoms with E-state index >= 15 is 0 Å². The lowest BCUT2D eigenvalue weighted by atomic mass is 10.0. The van der Waals surface area contributed by atoms with Crippen molar-refractivity contribution in [1.29, 1.82) is 0 Å². The molecule has 2 N–H and O–H groups in total. The summed E-state index contributed by atoms with van der Waals surface area (Å²) in [6.07, 6.45) is 3.04. The number of halogens is 1. The molecule has 0 saturated carbocycles.